The highest BCUT2D eigenvalue weighted by Gasteiger charge is 2.04. The minimum absolute atomic E-state index is 0.480. The van der Waals surface area contributed by atoms with Gasteiger partial charge in [0, 0.05) is 5.60 Å². The van der Waals surface area contributed by atoms with Crippen LogP contribution in [0.15, 0.2) is 29.3 Å². The highest BCUT2D eigenvalue weighted by molar-refractivity contribution is 5.67. The van der Waals surface area contributed by atoms with Gasteiger partial charge in [-0.2, -0.15) is 5.26 Å². The van der Waals surface area contributed by atoms with Crippen molar-refractivity contribution in [2.75, 3.05) is 0 Å². The summed E-state index contributed by atoms with van der Waals surface area (Å²) < 4.78 is 5.03. The van der Waals surface area contributed by atoms with Gasteiger partial charge in [-0.05, 0) is 24.3 Å². The Labute approximate surface area is 94.8 Å². The molecule has 0 bridgehead atoms. The third-order valence-corrected chi connectivity index (χ3v) is 1.61. The van der Waals surface area contributed by atoms with E-state index in [4.69, 9.17) is 10.00 Å². The van der Waals surface area contributed by atoms with Crippen LogP contribution < -0.4 is 5.11 Å². The second-order valence-electron chi connectivity index (χ2n) is 4.25. The molecule has 4 heteroatoms. The molecule has 0 amide bonds. The molecule has 0 N–H and O–H groups in total. The maximum atomic E-state index is 11.3. The number of aliphatic imine (C=N–C) groups is 1. The smallest absolute Gasteiger partial charge is 0.151 e. The number of hydrogen-bond acceptors (Lipinski definition) is 4. The third kappa shape index (κ3) is 4.01. The number of rotatable bonds is 1. The van der Waals surface area contributed by atoms with E-state index in [-0.39, 0.29) is 0 Å². The first kappa shape index (κ1) is 12.1. The predicted molar refractivity (Wildman–Crippen MR) is 59.1 cm³/mol. The molecule has 0 fully saturated rings. The van der Waals surface area contributed by atoms with Gasteiger partial charge in [0.1, 0.15) is 0 Å². The molecule has 0 heterocycles. The van der Waals surface area contributed by atoms with Crippen molar-refractivity contribution in [3.8, 4) is 6.07 Å². The molecular formula is C12H13N2O2-. The Morgan fingerprint density at radius 2 is 1.88 bits per heavy atom. The number of nitrogens with zero attached hydrogens (tertiary/aromatic N) is 2. The Hall–Kier alpha value is -2.02. The molecule has 16 heavy (non-hydrogen) atoms. The lowest BCUT2D eigenvalue weighted by atomic mass is 10.2. The number of hydrogen-bond donors (Lipinski definition) is 0. The molecule has 1 rings (SSSR count). The molecular weight excluding hydrogens is 204 g/mol. The van der Waals surface area contributed by atoms with Crippen LogP contribution in [-0.4, -0.2) is 11.7 Å². The summed E-state index contributed by atoms with van der Waals surface area (Å²) in [6.45, 7) is 5.33. The van der Waals surface area contributed by atoms with Crippen LogP contribution >= 0.6 is 0 Å². The molecule has 0 spiro atoms. The van der Waals surface area contributed by atoms with Gasteiger partial charge in [-0.1, -0.05) is 20.8 Å². The van der Waals surface area contributed by atoms with Gasteiger partial charge in [-0.25, -0.2) is 4.99 Å². The van der Waals surface area contributed by atoms with Crippen molar-refractivity contribution in [1.29, 1.82) is 5.26 Å². The molecule has 0 atom stereocenters. The molecule has 1 aromatic carbocycles. The maximum absolute atomic E-state index is 11.3. The second kappa shape index (κ2) is 4.67. The summed E-state index contributed by atoms with van der Waals surface area (Å²) in [5.41, 5.74) is 0.462. The van der Waals surface area contributed by atoms with Gasteiger partial charge in [0.05, 0.1) is 17.3 Å². The van der Waals surface area contributed by atoms with Crippen LogP contribution in [0.25, 0.3) is 0 Å². The maximum Gasteiger partial charge on any atom is 0.151 e. The first-order chi connectivity index (χ1) is 7.40. The van der Waals surface area contributed by atoms with Crippen LogP contribution in [0.3, 0.4) is 0 Å². The summed E-state index contributed by atoms with van der Waals surface area (Å²) in [5.74, 6) is 0. The Morgan fingerprint density at radius 1 is 1.31 bits per heavy atom. The van der Waals surface area contributed by atoms with Crippen LogP contribution in [0.2, 0.25) is 0 Å². The van der Waals surface area contributed by atoms with Crippen LogP contribution in [0.5, 0.6) is 0 Å². The van der Waals surface area contributed by atoms with E-state index in [0.29, 0.717) is 11.3 Å². The number of ether oxygens (including phenoxy) is 1. The first-order valence-corrected chi connectivity index (χ1v) is 4.85. The van der Waals surface area contributed by atoms with Crippen molar-refractivity contribution in [3.05, 3.63) is 29.8 Å². The van der Waals surface area contributed by atoms with Crippen molar-refractivity contribution in [2.24, 2.45) is 4.99 Å². The van der Waals surface area contributed by atoms with Gasteiger partial charge in [-0.3, -0.25) is 0 Å². The van der Waals surface area contributed by atoms with Gasteiger partial charge < -0.3 is 9.84 Å². The molecule has 4 nitrogen and oxygen atoms in total. The van der Waals surface area contributed by atoms with E-state index in [1.807, 2.05) is 6.07 Å². The van der Waals surface area contributed by atoms with Crippen molar-refractivity contribution < 1.29 is 9.84 Å². The first-order valence-electron chi connectivity index (χ1n) is 4.85. The van der Waals surface area contributed by atoms with Gasteiger partial charge in [0.15, 0.2) is 6.08 Å². The minimum atomic E-state index is -0.628. The largest absolute Gasteiger partial charge is 0.594 e. The van der Waals surface area contributed by atoms with Crippen LogP contribution in [0, 0.1) is 11.3 Å². The van der Waals surface area contributed by atoms with Crippen molar-refractivity contribution in [3.63, 3.8) is 0 Å². The number of benzene rings is 1. The Bertz CT molecular complexity index is 422. The van der Waals surface area contributed by atoms with E-state index >= 15 is 0 Å². The zero-order valence-electron chi connectivity index (χ0n) is 9.52. The molecule has 0 saturated heterocycles. The average molecular weight is 217 g/mol. The van der Waals surface area contributed by atoms with E-state index in [9.17, 15) is 5.11 Å². The van der Waals surface area contributed by atoms with Crippen LogP contribution in [0.1, 0.15) is 26.3 Å². The molecule has 84 valence electrons. The summed E-state index contributed by atoms with van der Waals surface area (Å²) in [4.78, 5) is 3.75. The highest BCUT2D eigenvalue weighted by Crippen LogP contribution is 2.14. The molecule has 0 saturated carbocycles. The highest BCUT2D eigenvalue weighted by atomic mass is 16.6. The summed E-state index contributed by atoms with van der Waals surface area (Å²) in [7, 11) is 0. The molecule has 0 unspecified atom stereocenters. The summed E-state index contributed by atoms with van der Waals surface area (Å²) in [6, 6.07) is 8.39. The van der Waals surface area contributed by atoms with Gasteiger partial charge in [-0.15, -0.1) is 0 Å². The summed E-state index contributed by atoms with van der Waals surface area (Å²) >= 11 is 0. The Balaban J connectivity index is 2.79. The van der Waals surface area contributed by atoms with Gasteiger partial charge in [0.25, 0.3) is 0 Å². The van der Waals surface area contributed by atoms with E-state index in [0.717, 1.165) is 0 Å². The lowest BCUT2D eigenvalue weighted by molar-refractivity contribution is -0.259. The average Bonchev–Trinajstić information content (AvgIpc) is 2.16. The molecule has 0 aliphatic heterocycles. The number of nitriles is 1. The van der Waals surface area contributed by atoms with Gasteiger partial charge in [0.2, 0.25) is 0 Å². The normalized spacial score (nSPS) is 12.0. The fourth-order valence-electron chi connectivity index (χ4n) is 1.00. The summed E-state index contributed by atoms with van der Waals surface area (Å²) in [6.07, 6.45) is -0.628. The lowest BCUT2D eigenvalue weighted by Gasteiger charge is -2.29. The van der Waals surface area contributed by atoms with E-state index < -0.39 is 11.7 Å². The van der Waals surface area contributed by atoms with E-state index in [1.165, 1.54) is 0 Å². The zero-order chi connectivity index (χ0) is 12.2. The predicted octanol–water partition coefficient (Wildman–Crippen LogP) is 1.72. The molecule has 0 aliphatic rings. The van der Waals surface area contributed by atoms with Gasteiger partial charge >= 0.3 is 0 Å². The zero-order valence-corrected chi connectivity index (χ0v) is 9.52. The van der Waals surface area contributed by atoms with Crippen molar-refractivity contribution in [1.82, 2.24) is 0 Å². The third-order valence-electron chi connectivity index (χ3n) is 1.61. The lowest BCUT2D eigenvalue weighted by Crippen LogP contribution is -2.31. The monoisotopic (exact) mass is 217 g/mol. The van der Waals surface area contributed by atoms with E-state index in [2.05, 4.69) is 4.99 Å². The molecule has 0 aliphatic carbocycles. The van der Waals surface area contributed by atoms with Crippen molar-refractivity contribution >= 4 is 11.8 Å². The summed E-state index contributed by atoms with van der Waals surface area (Å²) in [5, 5.41) is 19.9. The fourth-order valence-corrected chi connectivity index (χ4v) is 1.00. The SMILES string of the molecule is CC(C)(C)OC([O-])=Nc1ccc(C#N)cc1. The Kier molecular flexibility index (Phi) is 3.51. The van der Waals surface area contributed by atoms with E-state index in [1.54, 1.807) is 45.0 Å². The minimum Gasteiger partial charge on any atom is -0.594 e. The quantitative estimate of drug-likeness (QED) is 0.531. The molecule has 0 radical (unpaired) electrons. The fraction of sp³-hybridized carbons (Fsp3) is 0.333. The topological polar surface area (TPSA) is 68.4 Å². The second-order valence-corrected chi connectivity index (χ2v) is 4.25. The Morgan fingerprint density at radius 3 is 2.31 bits per heavy atom. The molecule has 0 aromatic heterocycles. The van der Waals surface area contributed by atoms with Crippen LogP contribution in [0.4, 0.5) is 5.69 Å². The standard InChI is InChI=1S/C12H14N2O2/c1-12(2,3)16-11(15)14-10-6-4-9(8-13)5-7-10/h4-7H,1-3H3,(H,14,15)/p-1. The van der Waals surface area contributed by atoms with Crippen LogP contribution in [-0.2, 0) is 4.74 Å². The molecule has 1 aromatic rings. The van der Waals surface area contributed by atoms with Crippen molar-refractivity contribution in [2.45, 2.75) is 26.4 Å².